The predicted octanol–water partition coefficient (Wildman–Crippen LogP) is 2.05. The standard InChI is InChI=1S/C14H16N4O2S/c1-9-3-5-11(6-4-9)12(16-10(2)19)7-13(20)17-14-18-15-8-21-14/h3-6,8,12H,7H2,1-2H3,(H,16,19)(H,17,18,20)/t12-/m0/s1. The molecule has 0 saturated heterocycles. The molecule has 110 valence electrons. The number of nitrogens with zero attached hydrogens (tertiary/aromatic N) is 2. The molecule has 0 unspecified atom stereocenters. The molecule has 21 heavy (non-hydrogen) atoms. The van der Waals surface area contributed by atoms with Crippen molar-refractivity contribution in [1.82, 2.24) is 15.5 Å². The summed E-state index contributed by atoms with van der Waals surface area (Å²) < 4.78 is 0. The minimum absolute atomic E-state index is 0.141. The number of aromatic nitrogens is 2. The van der Waals surface area contributed by atoms with Crippen molar-refractivity contribution in [2.75, 3.05) is 5.32 Å². The molecule has 0 fully saturated rings. The number of carbonyl (C=O) groups is 2. The molecule has 2 aromatic rings. The number of hydrogen-bond acceptors (Lipinski definition) is 5. The summed E-state index contributed by atoms with van der Waals surface area (Å²) in [6.45, 7) is 3.42. The Morgan fingerprint density at radius 2 is 2.00 bits per heavy atom. The summed E-state index contributed by atoms with van der Waals surface area (Å²) in [4.78, 5) is 23.3. The van der Waals surface area contributed by atoms with Gasteiger partial charge in [-0.25, -0.2) is 0 Å². The van der Waals surface area contributed by atoms with Crippen LogP contribution < -0.4 is 10.6 Å². The van der Waals surface area contributed by atoms with E-state index in [1.165, 1.54) is 18.3 Å². The third-order valence-corrected chi connectivity index (χ3v) is 3.46. The van der Waals surface area contributed by atoms with Crippen molar-refractivity contribution in [2.24, 2.45) is 0 Å². The first kappa shape index (κ1) is 15.1. The second-order valence-electron chi connectivity index (χ2n) is 4.66. The molecule has 0 spiro atoms. The summed E-state index contributed by atoms with van der Waals surface area (Å²) >= 11 is 1.25. The average molecular weight is 304 g/mol. The molecule has 0 bridgehead atoms. The molecule has 0 radical (unpaired) electrons. The number of anilines is 1. The van der Waals surface area contributed by atoms with E-state index in [2.05, 4.69) is 20.8 Å². The molecular formula is C14H16N4O2S. The SMILES string of the molecule is CC(=O)N[C@@H](CC(=O)Nc1nncs1)c1ccc(C)cc1. The molecule has 1 heterocycles. The van der Waals surface area contributed by atoms with Gasteiger partial charge in [0.1, 0.15) is 5.51 Å². The third kappa shape index (κ3) is 4.64. The first-order valence-corrected chi connectivity index (χ1v) is 7.32. The zero-order valence-corrected chi connectivity index (χ0v) is 12.6. The molecular weight excluding hydrogens is 288 g/mol. The Kier molecular flexibility index (Phi) is 4.99. The van der Waals surface area contributed by atoms with Crippen molar-refractivity contribution in [2.45, 2.75) is 26.3 Å². The van der Waals surface area contributed by atoms with Gasteiger partial charge in [-0.2, -0.15) is 0 Å². The van der Waals surface area contributed by atoms with Crippen LogP contribution in [0, 0.1) is 6.92 Å². The van der Waals surface area contributed by atoms with E-state index in [-0.39, 0.29) is 24.3 Å². The molecule has 1 atom stereocenters. The van der Waals surface area contributed by atoms with Crippen molar-refractivity contribution in [3.05, 3.63) is 40.9 Å². The van der Waals surface area contributed by atoms with E-state index in [9.17, 15) is 9.59 Å². The lowest BCUT2D eigenvalue weighted by Crippen LogP contribution is -2.29. The number of amides is 2. The highest BCUT2D eigenvalue weighted by molar-refractivity contribution is 7.13. The smallest absolute Gasteiger partial charge is 0.228 e. The zero-order valence-electron chi connectivity index (χ0n) is 11.8. The largest absolute Gasteiger partial charge is 0.349 e. The van der Waals surface area contributed by atoms with Crippen LogP contribution in [0.15, 0.2) is 29.8 Å². The number of nitrogens with one attached hydrogen (secondary N) is 2. The second kappa shape index (κ2) is 6.94. The summed E-state index contributed by atoms with van der Waals surface area (Å²) in [5, 5.41) is 13.3. The Bertz CT molecular complexity index is 610. The number of rotatable bonds is 5. The van der Waals surface area contributed by atoms with Crippen LogP contribution in [0.2, 0.25) is 0 Å². The van der Waals surface area contributed by atoms with Gasteiger partial charge in [0.2, 0.25) is 16.9 Å². The molecule has 2 N–H and O–H groups in total. The van der Waals surface area contributed by atoms with Crippen LogP contribution in [-0.2, 0) is 9.59 Å². The first-order chi connectivity index (χ1) is 10.0. The van der Waals surface area contributed by atoms with Gasteiger partial charge in [0.15, 0.2) is 0 Å². The van der Waals surface area contributed by atoms with E-state index in [0.29, 0.717) is 5.13 Å². The van der Waals surface area contributed by atoms with Gasteiger partial charge in [0.05, 0.1) is 12.5 Å². The van der Waals surface area contributed by atoms with Crippen LogP contribution in [-0.4, -0.2) is 22.0 Å². The van der Waals surface area contributed by atoms with Gasteiger partial charge in [-0.1, -0.05) is 41.2 Å². The Hall–Kier alpha value is -2.28. The minimum atomic E-state index is -0.365. The maximum absolute atomic E-state index is 12.0. The van der Waals surface area contributed by atoms with Crippen LogP contribution >= 0.6 is 11.3 Å². The van der Waals surface area contributed by atoms with Crippen LogP contribution in [0.25, 0.3) is 0 Å². The lowest BCUT2D eigenvalue weighted by atomic mass is 10.0. The quantitative estimate of drug-likeness (QED) is 0.885. The summed E-state index contributed by atoms with van der Waals surface area (Å²) in [6.07, 6.45) is 0.141. The van der Waals surface area contributed by atoms with Gasteiger partial charge in [0.25, 0.3) is 0 Å². The highest BCUT2D eigenvalue weighted by atomic mass is 32.1. The molecule has 1 aromatic carbocycles. The summed E-state index contributed by atoms with van der Waals surface area (Å²) in [6, 6.07) is 7.36. The fourth-order valence-electron chi connectivity index (χ4n) is 1.88. The monoisotopic (exact) mass is 304 g/mol. The minimum Gasteiger partial charge on any atom is -0.349 e. The Labute approximate surface area is 126 Å². The second-order valence-corrected chi connectivity index (χ2v) is 5.49. The molecule has 7 heteroatoms. The van der Waals surface area contributed by atoms with E-state index in [4.69, 9.17) is 0 Å². The van der Waals surface area contributed by atoms with Crippen molar-refractivity contribution in [3.63, 3.8) is 0 Å². The van der Waals surface area contributed by atoms with Gasteiger partial charge in [-0.3, -0.25) is 9.59 Å². The van der Waals surface area contributed by atoms with Gasteiger partial charge >= 0.3 is 0 Å². The van der Waals surface area contributed by atoms with Gasteiger partial charge < -0.3 is 10.6 Å². The van der Waals surface area contributed by atoms with Crippen molar-refractivity contribution >= 4 is 28.3 Å². The lowest BCUT2D eigenvalue weighted by Gasteiger charge is -2.17. The highest BCUT2D eigenvalue weighted by Gasteiger charge is 2.17. The van der Waals surface area contributed by atoms with Crippen molar-refractivity contribution < 1.29 is 9.59 Å². The zero-order chi connectivity index (χ0) is 15.2. The van der Waals surface area contributed by atoms with E-state index in [1.807, 2.05) is 31.2 Å². The Morgan fingerprint density at radius 1 is 1.29 bits per heavy atom. The maximum atomic E-state index is 12.0. The van der Waals surface area contributed by atoms with Crippen LogP contribution in [0.4, 0.5) is 5.13 Å². The average Bonchev–Trinajstić information content (AvgIpc) is 2.91. The first-order valence-electron chi connectivity index (χ1n) is 6.44. The van der Waals surface area contributed by atoms with E-state index in [0.717, 1.165) is 11.1 Å². The molecule has 0 aliphatic rings. The lowest BCUT2D eigenvalue weighted by molar-refractivity contribution is -0.120. The molecule has 0 aliphatic carbocycles. The van der Waals surface area contributed by atoms with Crippen LogP contribution in [0.1, 0.15) is 30.5 Å². The third-order valence-electron chi connectivity index (χ3n) is 2.85. The molecule has 0 saturated carbocycles. The van der Waals surface area contributed by atoms with Crippen LogP contribution in [0.3, 0.4) is 0 Å². The fraction of sp³-hybridized carbons (Fsp3) is 0.286. The topological polar surface area (TPSA) is 84.0 Å². The van der Waals surface area contributed by atoms with Crippen LogP contribution in [0.5, 0.6) is 0 Å². The van der Waals surface area contributed by atoms with Gasteiger partial charge in [-0.05, 0) is 12.5 Å². The van der Waals surface area contributed by atoms with E-state index in [1.54, 1.807) is 5.51 Å². The number of hydrogen-bond donors (Lipinski definition) is 2. The fourth-order valence-corrected chi connectivity index (χ4v) is 2.34. The molecule has 1 aromatic heterocycles. The number of aryl methyl sites for hydroxylation is 1. The molecule has 2 amide bonds. The van der Waals surface area contributed by atoms with Crippen molar-refractivity contribution in [3.8, 4) is 0 Å². The maximum Gasteiger partial charge on any atom is 0.228 e. The van der Waals surface area contributed by atoms with Gasteiger partial charge in [0, 0.05) is 6.92 Å². The van der Waals surface area contributed by atoms with E-state index < -0.39 is 0 Å². The summed E-state index contributed by atoms with van der Waals surface area (Å²) in [5.41, 5.74) is 3.56. The highest BCUT2D eigenvalue weighted by Crippen LogP contribution is 2.19. The normalized spacial score (nSPS) is 11.7. The Morgan fingerprint density at radius 3 is 2.57 bits per heavy atom. The molecule has 6 nitrogen and oxygen atoms in total. The molecule has 0 aliphatic heterocycles. The van der Waals surface area contributed by atoms with E-state index >= 15 is 0 Å². The number of carbonyl (C=O) groups excluding carboxylic acids is 2. The number of benzene rings is 1. The van der Waals surface area contributed by atoms with Gasteiger partial charge in [-0.15, -0.1) is 10.2 Å². The summed E-state index contributed by atoms with van der Waals surface area (Å²) in [5.74, 6) is -0.393. The summed E-state index contributed by atoms with van der Waals surface area (Å²) in [7, 11) is 0. The molecule has 2 rings (SSSR count). The Balaban J connectivity index is 2.07. The van der Waals surface area contributed by atoms with Crippen molar-refractivity contribution in [1.29, 1.82) is 0 Å². The predicted molar refractivity (Wildman–Crippen MR) is 80.9 cm³/mol.